The predicted molar refractivity (Wildman–Crippen MR) is 113 cm³/mol. The standard InChI is InChI=1S/C17H36N4O2S2/c1-16(2,7-11-22)5-9-18-14(24)20-13-21-15(25)19-10-6-17(3,4)8-12-23/h22-23H,5-13H2,1-4H3,(H2,18,20,24)(H2,19,21,25). The summed E-state index contributed by atoms with van der Waals surface area (Å²) in [5.41, 5.74) is 0.204. The van der Waals surface area contributed by atoms with Gasteiger partial charge in [-0.15, -0.1) is 0 Å². The minimum absolute atomic E-state index is 0.102. The first-order valence-electron chi connectivity index (χ1n) is 8.87. The fourth-order valence-electron chi connectivity index (χ4n) is 2.21. The average molecular weight is 393 g/mol. The van der Waals surface area contributed by atoms with Crippen LogP contribution in [0.1, 0.15) is 53.4 Å². The summed E-state index contributed by atoms with van der Waals surface area (Å²) in [6.45, 7) is 10.9. The first kappa shape index (κ1) is 24.3. The maximum atomic E-state index is 9.02. The lowest BCUT2D eigenvalue weighted by molar-refractivity contribution is 0.202. The Morgan fingerprint density at radius 1 is 0.680 bits per heavy atom. The largest absolute Gasteiger partial charge is 0.396 e. The summed E-state index contributed by atoms with van der Waals surface area (Å²) >= 11 is 10.5. The molecule has 0 saturated carbocycles. The van der Waals surface area contributed by atoms with Crippen LogP contribution in [0, 0.1) is 10.8 Å². The average Bonchev–Trinajstić information content (AvgIpc) is 2.46. The van der Waals surface area contributed by atoms with Crippen molar-refractivity contribution >= 4 is 34.7 Å². The molecule has 0 aliphatic rings. The van der Waals surface area contributed by atoms with Crippen LogP contribution in [-0.2, 0) is 0 Å². The van der Waals surface area contributed by atoms with Crippen LogP contribution < -0.4 is 21.3 Å². The Hall–Kier alpha value is -0.700. The Morgan fingerprint density at radius 2 is 1.04 bits per heavy atom. The molecule has 0 spiro atoms. The first-order valence-corrected chi connectivity index (χ1v) is 9.69. The summed E-state index contributed by atoms with van der Waals surface area (Å²) in [4.78, 5) is 0. The zero-order valence-corrected chi connectivity index (χ0v) is 17.7. The molecule has 0 fully saturated rings. The third-order valence-corrected chi connectivity index (χ3v) is 4.83. The van der Waals surface area contributed by atoms with Gasteiger partial charge in [0, 0.05) is 26.3 Å². The van der Waals surface area contributed by atoms with Crippen molar-refractivity contribution in [1.82, 2.24) is 21.3 Å². The van der Waals surface area contributed by atoms with Crippen molar-refractivity contribution in [2.45, 2.75) is 53.4 Å². The SMILES string of the molecule is CC(C)(CCO)CCNC(=S)NCNC(=S)NCCC(C)(C)CCO. The summed E-state index contributed by atoms with van der Waals surface area (Å²) in [6, 6.07) is 0. The van der Waals surface area contributed by atoms with Gasteiger partial charge >= 0.3 is 0 Å². The van der Waals surface area contributed by atoms with Crippen LogP contribution in [0.15, 0.2) is 0 Å². The number of aliphatic hydroxyl groups is 2. The van der Waals surface area contributed by atoms with Crippen LogP contribution in [0.4, 0.5) is 0 Å². The Balaban J connectivity index is 3.75. The van der Waals surface area contributed by atoms with Crippen LogP contribution in [0.2, 0.25) is 0 Å². The van der Waals surface area contributed by atoms with Crippen LogP contribution in [0.25, 0.3) is 0 Å². The topological polar surface area (TPSA) is 88.6 Å². The summed E-state index contributed by atoms with van der Waals surface area (Å²) in [5.74, 6) is 0. The zero-order valence-electron chi connectivity index (χ0n) is 16.1. The summed E-state index contributed by atoms with van der Waals surface area (Å²) in [7, 11) is 0. The molecule has 8 heteroatoms. The lowest BCUT2D eigenvalue weighted by Crippen LogP contribution is -2.46. The molecule has 0 unspecified atom stereocenters. The van der Waals surface area contributed by atoms with Gasteiger partial charge in [-0.2, -0.15) is 0 Å². The number of thiocarbonyl (C=S) groups is 2. The summed E-state index contributed by atoms with van der Waals surface area (Å²) in [6.07, 6.45) is 3.44. The van der Waals surface area contributed by atoms with E-state index in [9.17, 15) is 0 Å². The normalized spacial score (nSPS) is 11.8. The number of aliphatic hydroxyl groups excluding tert-OH is 2. The molecule has 6 N–H and O–H groups in total. The van der Waals surface area contributed by atoms with Crippen LogP contribution in [0.3, 0.4) is 0 Å². The molecule has 0 saturated heterocycles. The van der Waals surface area contributed by atoms with Crippen LogP contribution in [0.5, 0.6) is 0 Å². The number of hydrogen-bond donors (Lipinski definition) is 6. The number of hydrogen-bond acceptors (Lipinski definition) is 4. The second-order valence-electron chi connectivity index (χ2n) is 7.82. The van der Waals surface area contributed by atoms with E-state index in [1.54, 1.807) is 0 Å². The van der Waals surface area contributed by atoms with Gasteiger partial charge < -0.3 is 31.5 Å². The first-order chi connectivity index (χ1) is 11.6. The minimum Gasteiger partial charge on any atom is -0.396 e. The predicted octanol–water partition coefficient (Wildman–Crippen LogP) is 1.47. The summed E-state index contributed by atoms with van der Waals surface area (Å²) < 4.78 is 0. The minimum atomic E-state index is 0.102. The van der Waals surface area contributed by atoms with E-state index in [1.807, 2.05) is 0 Å². The molecule has 0 radical (unpaired) electrons. The smallest absolute Gasteiger partial charge is 0.167 e. The van der Waals surface area contributed by atoms with E-state index in [1.165, 1.54) is 0 Å². The van der Waals surface area contributed by atoms with E-state index in [0.29, 0.717) is 16.9 Å². The number of rotatable bonds is 12. The zero-order chi connectivity index (χ0) is 19.3. The Morgan fingerprint density at radius 3 is 1.36 bits per heavy atom. The lowest BCUT2D eigenvalue weighted by Gasteiger charge is -2.24. The maximum Gasteiger partial charge on any atom is 0.167 e. The van der Waals surface area contributed by atoms with Gasteiger partial charge in [0.2, 0.25) is 0 Å². The van der Waals surface area contributed by atoms with Gasteiger partial charge in [0.1, 0.15) is 0 Å². The van der Waals surface area contributed by atoms with Crippen molar-refractivity contribution in [3.63, 3.8) is 0 Å². The molecule has 0 heterocycles. The highest BCUT2D eigenvalue weighted by Crippen LogP contribution is 2.24. The van der Waals surface area contributed by atoms with Crippen molar-refractivity contribution in [3.8, 4) is 0 Å². The van der Waals surface area contributed by atoms with Crippen molar-refractivity contribution in [2.75, 3.05) is 33.0 Å². The van der Waals surface area contributed by atoms with Gasteiger partial charge in [-0.1, -0.05) is 27.7 Å². The second-order valence-corrected chi connectivity index (χ2v) is 8.63. The summed E-state index contributed by atoms with van der Waals surface area (Å²) in [5, 5.41) is 31.6. The molecule has 0 amide bonds. The third-order valence-electron chi connectivity index (χ3n) is 4.25. The Kier molecular flexibility index (Phi) is 12.3. The van der Waals surface area contributed by atoms with Gasteiger partial charge in [0.05, 0.1) is 6.67 Å². The van der Waals surface area contributed by atoms with Crippen molar-refractivity contribution in [1.29, 1.82) is 0 Å². The molecular formula is C17H36N4O2S2. The quantitative estimate of drug-likeness (QED) is 0.220. The molecule has 25 heavy (non-hydrogen) atoms. The van der Waals surface area contributed by atoms with E-state index in [-0.39, 0.29) is 24.0 Å². The lowest BCUT2D eigenvalue weighted by atomic mass is 9.86. The molecule has 0 aliphatic carbocycles. The van der Waals surface area contributed by atoms with Crippen molar-refractivity contribution in [2.24, 2.45) is 10.8 Å². The maximum absolute atomic E-state index is 9.02. The molecule has 0 aromatic carbocycles. The van der Waals surface area contributed by atoms with Crippen LogP contribution in [-0.4, -0.2) is 53.4 Å². The molecule has 148 valence electrons. The van der Waals surface area contributed by atoms with Crippen molar-refractivity contribution in [3.05, 3.63) is 0 Å². The van der Waals surface area contributed by atoms with Gasteiger partial charge in [-0.25, -0.2) is 0 Å². The third kappa shape index (κ3) is 14.2. The fourth-order valence-corrected chi connectivity index (χ4v) is 2.56. The highest BCUT2D eigenvalue weighted by atomic mass is 32.1. The molecule has 0 rings (SSSR count). The Bertz CT molecular complexity index is 368. The van der Waals surface area contributed by atoms with E-state index in [2.05, 4.69) is 49.0 Å². The van der Waals surface area contributed by atoms with E-state index < -0.39 is 0 Å². The molecule has 0 atom stereocenters. The Labute approximate surface area is 163 Å². The molecular weight excluding hydrogens is 356 g/mol. The van der Waals surface area contributed by atoms with Crippen LogP contribution >= 0.6 is 24.4 Å². The van der Waals surface area contributed by atoms with Gasteiger partial charge in [0.15, 0.2) is 10.2 Å². The van der Waals surface area contributed by atoms with Gasteiger partial charge in [-0.05, 0) is 60.9 Å². The highest BCUT2D eigenvalue weighted by Gasteiger charge is 2.17. The molecule has 0 bridgehead atoms. The second kappa shape index (κ2) is 12.6. The molecule has 0 aromatic rings. The molecule has 6 nitrogen and oxygen atoms in total. The van der Waals surface area contributed by atoms with E-state index in [4.69, 9.17) is 34.6 Å². The monoisotopic (exact) mass is 392 g/mol. The van der Waals surface area contributed by atoms with Gasteiger partial charge in [0.25, 0.3) is 0 Å². The van der Waals surface area contributed by atoms with E-state index >= 15 is 0 Å². The number of nitrogens with one attached hydrogen (secondary N) is 4. The highest BCUT2D eigenvalue weighted by molar-refractivity contribution is 7.80. The molecule has 0 aromatic heterocycles. The fraction of sp³-hybridized carbons (Fsp3) is 0.882. The molecule has 0 aliphatic heterocycles. The van der Waals surface area contributed by atoms with Crippen molar-refractivity contribution < 1.29 is 10.2 Å². The van der Waals surface area contributed by atoms with E-state index in [0.717, 1.165) is 38.8 Å². The van der Waals surface area contributed by atoms with Gasteiger partial charge in [-0.3, -0.25) is 0 Å².